The van der Waals surface area contributed by atoms with Crippen molar-refractivity contribution in [3.05, 3.63) is 35.4 Å². The van der Waals surface area contributed by atoms with E-state index in [1.165, 1.54) is 6.42 Å². The van der Waals surface area contributed by atoms with Crippen LogP contribution in [0.1, 0.15) is 49.3 Å². The SMILES string of the molecule is CNC(c1ccc(C(F)(F)F)cc1)C1(OC)CCCCC1. The Kier molecular flexibility index (Phi) is 4.94. The molecule has 1 aromatic rings. The Hall–Kier alpha value is -1.07. The lowest BCUT2D eigenvalue weighted by Gasteiger charge is -2.42. The monoisotopic (exact) mass is 301 g/mol. The van der Waals surface area contributed by atoms with Crippen LogP contribution in [0.25, 0.3) is 0 Å². The van der Waals surface area contributed by atoms with Gasteiger partial charge >= 0.3 is 6.18 Å². The fourth-order valence-electron chi connectivity index (χ4n) is 3.36. The highest BCUT2D eigenvalue weighted by Gasteiger charge is 2.40. The Morgan fingerprint density at radius 1 is 1.10 bits per heavy atom. The minimum Gasteiger partial charge on any atom is -0.376 e. The van der Waals surface area contributed by atoms with E-state index in [1.807, 2.05) is 7.05 Å². The van der Waals surface area contributed by atoms with E-state index in [2.05, 4.69) is 5.32 Å². The first-order valence-electron chi connectivity index (χ1n) is 7.32. The Labute approximate surface area is 123 Å². The molecule has 5 heteroatoms. The summed E-state index contributed by atoms with van der Waals surface area (Å²) in [6.45, 7) is 0. The van der Waals surface area contributed by atoms with Crippen molar-refractivity contribution in [3.63, 3.8) is 0 Å². The van der Waals surface area contributed by atoms with Crippen molar-refractivity contribution in [2.75, 3.05) is 14.2 Å². The molecule has 1 fully saturated rings. The molecule has 1 aliphatic rings. The van der Waals surface area contributed by atoms with Gasteiger partial charge in [-0.2, -0.15) is 13.2 Å². The molecule has 0 heterocycles. The second-order valence-corrected chi connectivity index (χ2v) is 5.67. The Bertz CT molecular complexity index is 450. The molecule has 21 heavy (non-hydrogen) atoms. The lowest BCUT2D eigenvalue weighted by Crippen LogP contribution is -2.46. The summed E-state index contributed by atoms with van der Waals surface area (Å²) in [5, 5.41) is 3.23. The average molecular weight is 301 g/mol. The van der Waals surface area contributed by atoms with Gasteiger partial charge in [-0.1, -0.05) is 31.4 Å². The van der Waals surface area contributed by atoms with Crippen LogP contribution < -0.4 is 5.32 Å². The predicted molar refractivity (Wildman–Crippen MR) is 76.1 cm³/mol. The van der Waals surface area contributed by atoms with E-state index >= 15 is 0 Å². The number of nitrogens with one attached hydrogen (secondary N) is 1. The van der Waals surface area contributed by atoms with E-state index in [4.69, 9.17) is 4.74 Å². The van der Waals surface area contributed by atoms with Gasteiger partial charge in [0, 0.05) is 7.11 Å². The second kappa shape index (κ2) is 6.36. The first-order valence-corrected chi connectivity index (χ1v) is 7.32. The normalized spacial score (nSPS) is 20.2. The fraction of sp³-hybridized carbons (Fsp3) is 0.625. The molecule has 0 aliphatic heterocycles. The van der Waals surface area contributed by atoms with Crippen molar-refractivity contribution in [3.8, 4) is 0 Å². The maximum atomic E-state index is 12.7. The molecular formula is C16H22F3NO. The second-order valence-electron chi connectivity index (χ2n) is 5.67. The van der Waals surface area contributed by atoms with Gasteiger partial charge in [-0.05, 0) is 37.6 Å². The van der Waals surface area contributed by atoms with E-state index in [1.54, 1.807) is 19.2 Å². The van der Waals surface area contributed by atoms with Gasteiger partial charge in [-0.3, -0.25) is 0 Å². The smallest absolute Gasteiger partial charge is 0.376 e. The summed E-state index contributed by atoms with van der Waals surface area (Å²) in [6, 6.07) is 5.31. The molecule has 1 aliphatic carbocycles. The molecule has 0 radical (unpaired) electrons. The Morgan fingerprint density at radius 2 is 1.67 bits per heavy atom. The molecule has 1 saturated carbocycles. The van der Waals surface area contributed by atoms with Crippen LogP contribution in [0.3, 0.4) is 0 Å². The number of halogens is 3. The third-order valence-corrected chi connectivity index (χ3v) is 4.49. The highest BCUT2D eigenvalue weighted by molar-refractivity contribution is 5.29. The van der Waals surface area contributed by atoms with E-state index in [-0.39, 0.29) is 11.6 Å². The van der Waals surface area contributed by atoms with Crippen molar-refractivity contribution < 1.29 is 17.9 Å². The minimum atomic E-state index is -4.29. The maximum Gasteiger partial charge on any atom is 0.416 e. The summed E-state index contributed by atoms with van der Waals surface area (Å²) in [4.78, 5) is 0. The quantitative estimate of drug-likeness (QED) is 0.894. The number of rotatable bonds is 4. The van der Waals surface area contributed by atoms with Crippen LogP contribution in [-0.2, 0) is 10.9 Å². The zero-order valence-corrected chi connectivity index (χ0v) is 12.5. The van der Waals surface area contributed by atoms with Crippen molar-refractivity contribution in [1.82, 2.24) is 5.32 Å². The summed E-state index contributed by atoms with van der Waals surface area (Å²) in [5.74, 6) is 0. The summed E-state index contributed by atoms with van der Waals surface area (Å²) in [7, 11) is 3.53. The zero-order valence-electron chi connectivity index (χ0n) is 12.5. The number of methoxy groups -OCH3 is 1. The number of benzene rings is 1. The molecule has 0 bridgehead atoms. The summed E-state index contributed by atoms with van der Waals surface area (Å²) >= 11 is 0. The highest BCUT2D eigenvalue weighted by Crippen LogP contribution is 2.41. The Morgan fingerprint density at radius 3 is 2.10 bits per heavy atom. The third kappa shape index (κ3) is 3.40. The molecule has 118 valence electrons. The number of ether oxygens (including phenoxy) is 1. The Balaban J connectivity index is 2.28. The molecule has 1 aromatic carbocycles. The lowest BCUT2D eigenvalue weighted by atomic mass is 9.76. The molecular weight excluding hydrogens is 279 g/mol. The molecule has 2 nitrogen and oxygen atoms in total. The van der Waals surface area contributed by atoms with Crippen LogP contribution in [0.2, 0.25) is 0 Å². The lowest BCUT2D eigenvalue weighted by molar-refractivity contribution is -0.137. The maximum absolute atomic E-state index is 12.7. The number of hydrogen-bond acceptors (Lipinski definition) is 2. The molecule has 0 saturated heterocycles. The summed E-state index contributed by atoms with van der Waals surface area (Å²) < 4.78 is 43.8. The molecule has 1 unspecified atom stereocenters. The van der Waals surface area contributed by atoms with Gasteiger partial charge < -0.3 is 10.1 Å². The van der Waals surface area contributed by atoms with Crippen LogP contribution in [0.4, 0.5) is 13.2 Å². The highest BCUT2D eigenvalue weighted by atomic mass is 19.4. The third-order valence-electron chi connectivity index (χ3n) is 4.49. The standard InChI is InChI=1S/C16H22F3NO/c1-20-14(15(21-2)10-4-3-5-11-15)12-6-8-13(9-7-12)16(17,18)19/h6-9,14,20H,3-5,10-11H2,1-2H3. The van der Waals surface area contributed by atoms with E-state index in [0.717, 1.165) is 43.4 Å². The van der Waals surface area contributed by atoms with E-state index < -0.39 is 11.7 Å². The van der Waals surface area contributed by atoms with Gasteiger partial charge in [-0.15, -0.1) is 0 Å². The van der Waals surface area contributed by atoms with Crippen molar-refractivity contribution in [2.24, 2.45) is 0 Å². The van der Waals surface area contributed by atoms with Gasteiger partial charge in [0.15, 0.2) is 0 Å². The molecule has 1 atom stereocenters. The summed E-state index contributed by atoms with van der Waals surface area (Å²) in [6.07, 6.45) is 0.928. The zero-order chi connectivity index (χ0) is 15.5. The minimum absolute atomic E-state index is 0.0925. The first-order chi connectivity index (χ1) is 9.93. The number of likely N-dealkylation sites (N-methyl/N-ethyl adjacent to an activating group) is 1. The molecule has 2 rings (SSSR count). The van der Waals surface area contributed by atoms with E-state index in [9.17, 15) is 13.2 Å². The number of alkyl halides is 3. The van der Waals surface area contributed by atoms with Crippen LogP contribution in [0, 0.1) is 0 Å². The number of hydrogen-bond donors (Lipinski definition) is 1. The van der Waals surface area contributed by atoms with Gasteiger partial charge in [0.1, 0.15) is 0 Å². The molecule has 0 aromatic heterocycles. The van der Waals surface area contributed by atoms with Crippen LogP contribution in [0.15, 0.2) is 24.3 Å². The van der Waals surface area contributed by atoms with E-state index in [0.29, 0.717) is 0 Å². The fourth-order valence-corrected chi connectivity index (χ4v) is 3.36. The van der Waals surface area contributed by atoms with Crippen LogP contribution >= 0.6 is 0 Å². The van der Waals surface area contributed by atoms with Crippen molar-refractivity contribution in [2.45, 2.75) is 49.9 Å². The van der Waals surface area contributed by atoms with Gasteiger partial charge in [0.25, 0.3) is 0 Å². The van der Waals surface area contributed by atoms with Crippen LogP contribution in [-0.4, -0.2) is 19.8 Å². The van der Waals surface area contributed by atoms with Gasteiger partial charge in [0.2, 0.25) is 0 Å². The van der Waals surface area contributed by atoms with Crippen molar-refractivity contribution in [1.29, 1.82) is 0 Å². The van der Waals surface area contributed by atoms with Crippen LogP contribution in [0.5, 0.6) is 0 Å². The summed E-state index contributed by atoms with van der Waals surface area (Å²) in [5.41, 5.74) is -0.0994. The topological polar surface area (TPSA) is 21.3 Å². The molecule has 0 amide bonds. The first kappa shape index (κ1) is 16.3. The predicted octanol–water partition coefficient (Wildman–Crippen LogP) is 4.32. The molecule has 0 spiro atoms. The largest absolute Gasteiger partial charge is 0.416 e. The van der Waals surface area contributed by atoms with Gasteiger partial charge in [0.05, 0.1) is 17.2 Å². The average Bonchev–Trinajstić information content (AvgIpc) is 2.48. The molecule has 1 N–H and O–H groups in total. The van der Waals surface area contributed by atoms with Gasteiger partial charge in [-0.25, -0.2) is 0 Å². The van der Waals surface area contributed by atoms with Crippen molar-refractivity contribution >= 4 is 0 Å².